The zero-order valence-electron chi connectivity index (χ0n) is 15.1. The van der Waals surface area contributed by atoms with Crippen molar-refractivity contribution in [3.8, 4) is 0 Å². The largest absolute Gasteiger partial charge is 0.392 e. The molecule has 4 unspecified atom stereocenters. The third kappa shape index (κ3) is 4.57. The molecule has 4 heteroatoms. The molecule has 4 nitrogen and oxygen atoms in total. The normalized spacial score (nSPS) is 32.8. The van der Waals surface area contributed by atoms with E-state index in [0.29, 0.717) is 11.8 Å². The zero-order chi connectivity index (χ0) is 17.1. The first-order chi connectivity index (χ1) is 11.5. The fourth-order valence-electron chi connectivity index (χ4n) is 3.86. The van der Waals surface area contributed by atoms with E-state index in [9.17, 15) is 10.2 Å². The molecule has 1 aromatic rings. The van der Waals surface area contributed by atoms with E-state index in [2.05, 4.69) is 47.9 Å². The number of piperidine rings is 2. The van der Waals surface area contributed by atoms with E-state index in [-0.39, 0.29) is 12.2 Å². The Kier molecular flexibility index (Phi) is 5.93. The van der Waals surface area contributed by atoms with Gasteiger partial charge in [0.05, 0.1) is 12.2 Å². The van der Waals surface area contributed by atoms with Crippen LogP contribution in [-0.4, -0.2) is 58.4 Å². The topological polar surface area (TPSA) is 46.9 Å². The Labute approximate surface area is 146 Å². The second kappa shape index (κ2) is 7.96. The van der Waals surface area contributed by atoms with Gasteiger partial charge in [0, 0.05) is 26.2 Å². The molecule has 2 heterocycles. The molecule has 0 aromatic heterocycles. The highest BCUT2D eigenvalue weighted by Gasteiger charge is 2.25. The van der Waals surface area contributed by atoms with Crippen molar-refractivity contribution in [3.05, 3.63) is 35.4 Å². The van der Waals surface area contributed by atoms with Crippen LogP contribution in [0.5, 0.6) is 0 Å². The van der Waals surface area contributed by atoms with Gasteiger partial charge in [-0.1, -0.05) is 38.1 Å². The molecule has 0 radical (unpaired) electrons. The monoisotopic (exact) mass is 332 g/mol. The Morgan fingerprint density at radius 1 is 0.875 bits per heavy atom. The van der Waals surface area contributed by atoms with E-state index in [0.717, 1.165) is 52.1 Å². The first kappa shape index (κ1) is 17.9. The number of β-amino-alcohol motifs (C(OH)–C–C–N with tert-alkyl or cyclic N) is 2. The van der Waals surface area contributed by atoms with Crippen LogP contribution in [0.15, 0.2) is 24.3 Å². The number of benzene rings is 1. The van der Waals surface area contributed by atoms with Crippen LogP contribution < -0.4 is 0 Å². The van der Waals surface area contributed by atoms with Crippen molar-refractivity contribution in [2.45, 2.75) is 52.0 Å². The smallest absolute Gasteiger partial charge is 0.0693 e. The first-order valence-electron chi connectivity index (χ1n) is 9.40. The zero-order valence-corrected chi connectivity index (χ0v) is 15.1. The molecule has 0 amide bonds. The minimum Gasteiger partial charge on any atom is -0.392 e. The highest BCUT2D eigenvalue weighted by molar-refractivity contribution is 5.23. The molecule has 4 atom stereocenters. The molecule has 3 rings (SSSR count). The van der Waals surface area contributed by atoms with Gasteiger partial charge in [-0.2, -0.15) is 0 Å². The van der Waals surface area contributed by atoms with Gasteiger partial charge in [0.2, 0.25) is 0 Å². The Morgan fingerprint density at radius 3 is 1.75 bits per heavy atom. The third-order valence-electron chi connectivity index (χ3n) is 5.81. The SMILES string of the molecule is CC1CCN(Cc2cccc(CN3CCC(C)C(O)C3)c2)CC1O. The number of nitrogens with zero attached hydrogens (tertiary/aromatic N) is 2. The highest BCUT2D eigenvalue weighted by atomic mass is 16.3. The lowest BCUT2D eigenvalue weighted by Gasteiger charge is -2.35. The van der Waals surface area contributed by atoms with E-state index < -0.39 is 0 Å². The first-order valence-corrected chi connectivity index (χ1v) is 9.40. The van der Waals surface area contributed by atoms with E-state index >= 15 is 0 Å². The summed E-state index contributed by atoms with van der Waals surface area (Å²) in [5.74, 6) is 0.834. The lowest BCUT2D eigenvalue weighted by atomic mass is 9.95. The molecule has 0 bridgehead atoms. The summed E-state index contributed by atoms with van der Waals surface area (Å²) in [6, 6.07) is 8.79. The minimum absolute atomic E-state index is 0.196. The van der Waals surface area contributed by atoms with Crippen LogP contribution in [-0.2, 0) is 13.1 Å². The van der Waals surface area contributed by atoms with E-state index in [1.165, 1.54) is 11.1 Å². The van der Waals surface area contributed by atoms with E-state index in [4.69, 9.17) is 0 Å². The lowest BCUT2D eigenvalue weighted by Crippen LogP contribution is -2.42. The molecule has 1 aromatic carbocycles. The quantitative estimate of drug-likeness (QED) is 0.886. The van der Waals surface area contributed by atoms with Crippen molar-refractivity contribution in [3.63, 3.8) is 0 Å². The van der Waals surface area contributed by atoms with Gasteiger partial charge in [-0.3, -0.25) is 9.80 Å². The van der Waals surface area contributed by atoms with Gasteiger partial charge >= 0.3 is 0 Å². The summed E-state index contributed by atoms with van der Waals surface area (Å²) in [6.45, 7) is 9.79. The minimum atomic E-state index is -0.196. The van der Waals surface area contributed by atoms with Gasteiger partial charge in [0.1, 0.15) is 0 Å². The fourth-order valence-corrected chi connectivity index (χ4v) is 3.86. The van der Waals surface area contributed by atoms with Crippen molar-refractivity contribution in [1.29, 1.82) is 0 Å². The van der Waals surface area contributed by atoms with Gasteiger partial charge < -0.3 is 10.2 Å². The maximum absolute atomic E-state index is 10.1. The second-order valence-electron chi connectivity index (χ2n) is 7.96. The molecule has 0 aliphatic carbocycles. The van der Waals surface area contributed by atoms with Gasteiger partial charge in [-0.25, -0.2) is 0 Å². The summed E-state index contributed by atoms with van der Waals surface area (Å²) >= 11 is 0. The number of likely N-dealkylation sites (tertiary alicyclic amines) is 2. The maximum Gasteiger partial charge on any atom is 0.0693 e. The number of hydrogen-bond donors (Lipinski definition) is 2. The third-order valence-corrected chi connectivity index (χ3v) is 5.81. The number of hydrogen-bond acceptors (Lipinski definition) is 4. The average molecular weight is 332 g/mol. The molecule has 2 aliphatic rings. The van der Waals surface area contributed by atoms with Gasteiger partial charge in [-0.05, 0) is 48.9 Å². The summed E-state index contributed by atoms with van der Waals surface area (Å²) in [4.78, 5) is 4.71. The Balaban J connectivity index is 1.56. The molecule has 0 spiro atoms. The molecule has 2 fully saturated rings. The Morgan fingerprint density at radius 2 is 1.33 bits per heavy atom. The van der Waals surface area contributed by atoms with Crippen molar-refractivity contribution < 1.29 is 10.2 Å². The average Bonchev–Trinajstić information content (AvgIpc) is 2.55. The Hall–Kier alpha value is -0.940. The van der Waals surface area contributed by atoms with Crippen LogP contribution in [0.4, 0.5) is 0 Å². The predicted octanol–water partition coefficient (Wildman–Crippen LogP) is 2.09. The standard InChI is InChI=1S/C20H32N2O2/c1-15-6-8-21(13-19(15)23)11-17-4-3-5-18(10-17)12-22-9-7-16(2)20(24)14-22/h3-5,10,15-16,19-20,23-24H,6-9,11-14H2,1-2H3. The molecule has 2 N–H and O–H groups in total. The number of rotatable bonds is 4. The van der Waals surface area contributed by atoms with Gasteiger partial charge in [0.25, 0.3) is 0 Å². The van der Waals surface area contributed by atoms with Crippen molar-refractivity contribution >= 4 is 0 Å². The van der Waals surface area contributed by atoms with Crippen LogP contribution in [0.2, 0.25) is 0 Å². The molecule has 2 aliphatic heterocycles. The van der Waals surface area contributed by atoms with Crippen molar-refractivity contribution in [1.82, 2.24) is 9.80 Å². The van der Waals surface area contributed by atoms with Crippen LogP contribution in [0.1, 0.15) is 37.8 Å². The van der Waals surface area contributed by atoms with Crippen molar-refractivity contribution in [2.75, 3.05) is 26.2 Å². The van der Waals surface area contributed by atoms with E-state index in [1.807, 2.05) is 0 Å². The summed E-state index contributed by atoms with van der Waals surface area (Å²) in [5, 5.41) is 20.1. The molecule has 0 saturated carbocycles. The van der Waals surface area contributed by atoms with Crippen LogP contribution >= 0.6 is 0 Å². The summed E-state index contributed by atoms with van der Waals surface area (Å²) < 4.78 is 0. The summed E-state index contributed by atoms with van der Waals surface area (Å²) in [5.41, 5.74) is 2.64. The van der Waals surface area contributed by atoms with Crippen LogP contribution in [0, 0.1) is 11.8 Å². The molecular weight excluding hydrogens is 300 g/mol. The molecule has 2 saturated heterocycles. The lowest BCUT2D eigenvalue weighted by molar-refractivity contribution is 0.0253. The van der Waals surface area contributed by atoms with Crippen molar-refractivity contribution in [2.24, 2.45) is 11.8 Å². The Bertz CT molecular complexity index is 493. The van der Waals surface area contributed by atoms with Gasteiger partial charge in [0.15, 0.2) is 0 Å². The second-order valence-corrected chi connectivity index (χ2v) is 7.96. The number of aliphatic hydroxyl groups is 2. The molecule has 24 heavy (non-hydrogen) atoms. The molecular formula is C20H32N2O2. The maximum atomic E-state index is 10.1. The fraction of sp³-hybridized carbons (Fsp3) is 0.700. The van der Waals surface area contributed by atoms with E-state index in [1.54, 1.807) is 0 Å². The summed E-state index contributed by atoms with van der Waals surface area (Å²) in [7, 11) is 0. The molecule has 134 valence electrons. The van der Waals surface area contributed by atoms with Crippen LogP contribution in [0.25, 0.3) is 0 Å². The predicted molar refractivity (Wildman–Crippen MR) is 96.6 cm³/mol. The van der Waals surface area contributed by atoms with Crippen LogP contribution in [0.3, 0.4) is 0 Å². The summed E-state index contributed by atoms with van der Waals surface area (Å²) in [6.07, 6.45) is 1.76. The number of aliphatic hydroxyl groups excluding tert-OH is 2. The highest BCUT2D eigenvalue weighted by Crippen LogP contribution is 2.21. The van der Waals surface area contributed by atoms with Gasteiger partial charge in [-0.15, -0.1) is 0 Å².